The molecule has 0 fully saturated rings. The summed E-state index contributed by atoms with van der Waals surface area (Å²) < 4.78 is 1.84. The molecule has 1 N–H and O–H groups in total. The number of hydrogen-bond donors (Lipinski definition) is 1. The number of aryl methyl sites for hydroxylation is 2. The molecule has 23 heavy (non-hydrogen) atoms. The van der Waals surface area contributed by atoms with Crippen molar-refractivity contribution in [1.82, 2.24) is 20.1 Å². The summed E-state index contributed by atoms with van der Waals surface area (Å²) in [6.07, 6.45) is 4.28. The van der Waals surface area contributed by atoms with Crippen LogP contribution in [0.4, 0.5) is 0 Å². The lowest BCUT2D eigenvalue weighted by Gasteiger charge is -2.06. The van der Waals surface area contributed by atoms with Gasteiger partial charge in [-0.1, -0.05) is 31.2 Å². The topological polar surface area (TPSA) is 59.8 Å². The van der Waals surface area contributed by atoms with E-state index >= 15 is 0 Å². The van der Waals surface area contributed by atoms with Crippen molar-refractivity contribution >= 4 is 17.2 Å². The molecule has 0 aliphatic carbocycles. The molecular formula is C17H18N4OS. The molecule has 118 valence electrons. The molecule has 0 saturated carbocycles. The molecule has 2 aromatic heterocycles. The number of benzene rings is 1. The molecule has 1 amide bonds. The lowest BCUT2D eigenvalue weighted by molar-refractivity contribution is 0.0955. The van der Waals surface area contributed by atoms with Crippen molar-refractivity contribution in [2.45, 2.75) is 19.9 Å². The molecule has 0 spiro atoms. The van der Waals surface area contributed by atoms with Crippen LogP contribution < -0.4 is 5.32 Å². The van der Waals surface area contributed by atoms with E-state index in [0.29, 0.717) is 11.4 Å². The number of carbonyl (C=O) groups is 1. The molecule has 0 unspecified atom stereocenters. The van der Waals surface area contributed by atoms with Crippen LogP contribution in [-0.4, -0.2) is 20.7 Å². The van der Waals surface area contributed by atoms with Gasteiger partial charge in [0.1, 0.15) is 4.88 Å². The van der Waals surface area contributed by atoms with E-state index in [2.05, 4.69) is 15.4 Å². The molecule has 0 radical (unpaired) electrons. The van der Waals surface area contributed by atoms with Crippen LogP contribution in [0.5, 0.6) is 0 Å². The Morgan fingerprint density at radius 2 is 2.04 bits per heavy atom. The highest BCUT2D eigenvalue weighted by molar-refractivity contribution is 7.13. The second-order valence-corrected chi connectivity index (χ2v) is 6.31. The van der Waals surface area contributed by atoms with Gasteiger partial charge in [-0.25, -0.2) is 4.98 Å². The fraction of sp³-hybridized carbons (Fsp3) is 0.235. The predicted octanol–water partition coefficient (Wildman–Crippen LogP) is 3.04. The van der Waals surface area contributed by atoms with Crippen molar-refractivity contribution in [3.05, 3.63) is 58.2 Å². The van der Waals surface area contributed by atoms with Crippen molar-refractivity contribution in [1.29, 1.82) is 0 Å². The molecule has 3 rings (SSSR count). The highest BCUT2D eigenvalue weighted by Gasteiger charge is 2.09. The van der Waals surface area contributed by atoms with Gasteiger partial charge >= 0.3 is 0 Å². The van der Waals surface area contributed by atoms with Gasteiger partial charge in [0.25, 0.3) is 5.91 Å². The Kier molecular flexibility index (Phi) is 4.52. The smallest absolute Gasteiger partial charge is 0.263 e. The van der Waals surface area contributed by atoms with E-state index in [4.69, 9.17) is 0 Å². The lowest BCUT2D eigenvalue weighted by atomic mass is 10.1. The Hall–Kier alpha value is -2.47. The van der Waals surface area contributed by atoms with E-state index in [9.17, 15) is 4.79 Å². The summed E-state index contributed by atoms with van der Waals surface area (Å²) in [5, 5.41) is 8.09. The molecule has 5 nitrogen and oxygen atoms in total. The number of nitrogens with zero attached hydrogens (tertiary/aromatic N) is 3. The van der Waals surface area contributed by atoms with Crippen LogP contribution in [0.15, 0.2) is 42.7 Å². The van der Waals surface area contributed by atoms with Gasteiger partial charge in [0.2, 0.25) is 0 Å². The average molecular weight is 326 g/mol. The van der Waals surface area contributed by atoms with E-state index in [1.807, 2.05) is 49.0 Å². The quantitative estimate of drug-likeness (QED) is 0.784. The first-order valence-electron chi connectivity index (χ1n) is 7.47. The molecule has 3 aromatic rings. The zero-order valence-electron chi connectivity index (χ0n) is 13.1. The maximum Gasteiger partial charge on any atom is 0.263 e. The van der Waals surface area contributed by atoms with Gasteiger partial charge in [-0.15, -0.1) is 11.3 Å². The summed E-state index contributed by atoms with van der Waals surface area (Å²) in [6.45, 7) is 2.54. The van der Waals surface area contributed by atoms with Crippen LogP contribution in [0.1, 0.15) is 27.2 Å². The first-order valence-corrected chi connectivity index (χ1v) is 8.29. The normalized spacial score (nSPS) is 10.7. The van der Waals surface area contributed by atoms with Crippen molar-refractivity contribution < 1.29 is 4.79 Å². The van der Waals surface area contributed by atoms with Crippen LogP contribution in [0.3, 0.4) is 0 Å². The molecular weight excluding hydrogens is 308 g/mol. The number of rotatable bonds is 5. The first-order chi connectivity index (χ1) is 11.2. The van der Waals surface area contributed by atoms with Gasteiger partial charge in [0.15, 0.2) is 0 Å². The zero-order chi connectivity index (χ0) is 16.2. The van der Waals surface area contributed by atoms with Gasteiger partial charge in [0, 0.05) is 19.8 Å². The summed E-state index contributed by atoms with van der Waals surface area (Å²) in [5.41, 5.74) is 3.23. The van der Waals surface area contributed by atoms with Crippen molar-refractivity contribution in [2.75, 3.05) is 0 Å². The van der Waals surface area contributed by atoms with Gasteiger partial charge in [0.05, 0.1) is 16.9 Å². The Balaban J connectivity index is 1.62. The minimum Gasteiger partial charge on any atom is -0.347 e. The van der Waals surface area contributed by atoms with Crippen LogP contribution in [0.25, 0.3) is 11.3 Å². The number of thiazole rings is 1. The Morgan fingerprint density at radius 3 is 2.65 bits per heavy atom. The zero-order valence-corrected chi connectivity index (χ0v) is 13.9. The SMILES string of the molecule is CCc1ncc(C(=O)NCc2ccc(-c3ccnn3C)cc2)s1. The first kappa shape index (κ1) is 15.4. The molecule has 0 bridgehead atoms. The molecule has 0 saturated heterocycles. The Labute approximate surface area is 139 Å². The third kappa shape index (κ3) is 3.48. The maximum absolute atomic E-state index is 12.1. The lowest BCUT2D eigenvalue weighted by Crippen LogP contribution is -2.21. The standard InChI is InChI=1S/C17H18N4OS/c1-3-16-18-11-15(23-16)17(22)19-10-12-4-6-13(7-5-12)14-8-9-20-21(14)2/h4-9,11H,3,10H2,1-2H3,(H,19,22). The Morgan fingerprint density at radius 1 is 1.26 bits per heavy atom. The highest BCUT2D eigenvalue weighted by atomic mass is 32.1. The van der Waals surface area contributed by atoms with Crippen LogP contribution >= 0.6 is 11.3 Å². The van der Waals surface area contributed by atoms with Crippen LogP contribution in [-0.2, 0) is 20.0 Å². The predicted molar refractivity (Wildman–Crippen MR) is 91.3 cm³/mol. The number of nitrogens with one attached hydrogen (secondary N) is 1. The third-order valence-electron chi connectivity index (χ3n) is 3.60. The minimum absolute atomic E-state index is 0.0714. The second-order valence-electron chi connectivity index (χ2n) is 5.19. The molecule has 0 aliphatic rings. The van der Waals surface area contributed by atoms with Gasteiger partial charge in [-0.05, 0) is 23.6 Å². The molecule has 2 heterocycles. The van der Waals surface area contributed by atoms with Crippen molar-refractivity contribution in [2.24, 2.45) is 7.05 Å². The van der Waals surface area contributed by atoms with Gasteiger partial charge in [-0.3, -0.25) is 9.48 Å². The number of carbonyl (C=O) groups excluding carboxylic acids is 1. The number of hydrogen-bond acceptors (Lipinski definition) is 4. The summed E-state index contributed by atoms with van der Waals surface area (Å²) in [6, 6.07) is 10.1. The van der Waals surface area contributed by atoms with Crippen molar-refractivity contribution in [3.63, 3.8) is 0 Å². The van der Waals surface area contributed by atoms with E-state index < -0.39 is 0 Å². The van der Waals surface area contributed by atoms with E-state index in [0.717, 1.165) is 28.2 Å². The molecule has 0 atom stereocenters. The third-order valence-corrected chi connectivity index (χ3v) is 4.74. The van der Waals surface area contributed by atoms with E-state index in [1.165, 1.54) is 11.3 Å². The molecule has 6 heteroatoms. The summed E-state index contributed by atoms with van der Waals surface area (Å²) in [7, 11) is 1.92. The largest absolute Gasteiger partial charge is 0.347 e. The summed E-state index contributed by atoms with van der Waals surface area (Å²) in [5.74, 6) is -0.0714. The monoisotopic (exact) mass is 326 g/mol. The molecule has 0 aliphatic heterocycles. The average Bonchev–Trinajstić information content (AvgIpc) is 3.22. The highest BCUT2D eigenvalue weighted by Crippen LogP contribution is 2.19. The van der Waals surface area contributed by atoms with E-state index in [1.54, 1.807) is 12.4 Å². The van der Waals surface area contributed by atoms with Crippen LogP contribution in [0, 0.1) is 0 Å². The molecule has 1 aromatic carbocycles. The minimum atomic E-state index is -0.0714. The fourth-order valence-electron chi connectivity index (χ4n) is 2.30. The van der Waals surface area contributed by atoms with E-state index in [-0.39, 0.29) is 5.91 Å². The van der Waals surface area contributed by atoms with Gasteiger partial charge in [-0.2, -0.15) is 5.10 Å². The number of aromatic nitrogens is 3. The number of amides is 1. The maximum atomic E-state index is 12.1. The summed E-state index contributed by atoms with van der Waals surface area (Å²) >= 11 is 1.45. The summed E-state index contributed by atoms with van der Waals surface area (Å²) in [4.78, 5) is 17.0. The fourth-order valence-corrected chi connectivity index (χ4v) is 3.07. The van der Waals surface area contributed by atoms with Crippen molar-refractivity contribution in [3.8, 4) is 11.3 Å². The van der Waals surface area contributed by atoms with Crippen LogP contribution in [0.2, 0.25) is 0 Å². The second kappa shape index (κ2) is 6.75. The Bertz CT molecular complexity index is 804. The van der Waals surface area contributed by atoms with Gasteiger partial charge < -0.3 is 5.32 Å².